The normalized spacial score (nSPS) is 45.0. The Morgan fingerprint density at radius 3 is 3.09 bits per heavy atom. The number of hydrogen-bond donors (Lipinski definition) is 1. The average molecular weight is 171 g/mol. The molecule has 0 bridgehead atoms. The summed E-state index contributed by atoms with van der Waals surface area (Å²) in [6.45, 7) is 3.62. The third-order valence-corrected chi connectivity index (χ3v) is 4.36. The van der Waals surface area contributed by atoms with Gasteiger partial charge < -0.3 is 5.32 Å². The Bertz CT molecular complexity index is 140. The van der Waals surface area contributed by atoms with Gasteiger partial charge in [-0.1, -0.05) is 19.8 Å². The van der Waals surface area contributed by atoms with Crippen molar-refractivity contribution in [2.24, 2.45) is 5.92 Å². The third-order valence-electron chi connectivity index (χ3n) is 2.88. The molecule has 2 fully saturated rings. The second-order valence-electron chi connectivity index (χ2n) is 3.97. The minimum Gasteiger partial charge on any atom is -0.302 e. The first-order valence-electron chi connectivity index (χ1n) is 4.70. The molecule has 0 aromatic carbocycles. The topological polar surface area (TPSA) is 12.0 Å². The van der Waals surface area contributed by atoms with E-state index in [9.17, 15) is 0 Å². The van der Waals surface area contributed by atoms with Crippen molar-refractivity contribution < 1.29 is 0 Å². The monoisotopic (exact) mass is 171 g/mol. The minimum atomic E-state index is 0.512. The Kier molecular flexibility index (Phi) is 2.15. The van der Waals surface area contributed by atoms with Crippen LogP contribution >= 0.6 is 11.8 Å². The molecule has 0 amide bonds. The Balaban J connectivity index is 2.00. The summed E-state index contributed by atoms with van der Waals surface area (Å²) in [4.78, 5) is 0.512. The fraction of sp³-hybridized carbons (Fsp3) is 1.00. The van der Waals surface area contributed by atoms with Gasteiger partial charge in [-0.3, -0.25) is 0 Å². The van der Waals surface area contributed by atoms with E-state index in [-0.39, 0.29) is 0 Å². The first-order chi connectivity index (χ1) is 5.31. The standard InChI is InChI=1S/C9H17NS/c1-8-3-2-4-9(7-8)10-5-6-11-9/h8,10H,2-7H2,1H3. The summed E-state index contributed by atoms with van der Waals surface area (Å²) in [6.07, 6.45) is 5.69. The molecule has 0 aromatic rings. The van der Waals surface area contributed by atoms with Gasteiger partial charge in [-0.25, -0.2) is 0 Å². The maximum atomic E-state index is 3.67. The van der Waals surface area contributed by atoms with Crippen LogP contribution in [0.3, 0.4) is 0 Å². The molecule has 2 unspecified atom stereocenters. The molecule has 1 aliphatic carbocycles. The predicted molar refractivity (Wildman–Crippen MR) is 50.8 cm³/mol. The number of rotatable bonds is 0. The third kappa shape index (κ3) is 1.57. The van der Waals surface area contributed by atoms with Gasteiger partial charge in [0.15, 0.2) is 0 Å². The first-order valence-corrected chi connectivity index (χ1v) is 5.68. The quantitative estimate of drug-likeness (QED) is 0.600. The molecule has 1 N–H and O–H groups in total. The molecule has 11 heavy (non-hydrogen) atoms. The van der Waals surface area contributed by atoms with Crippen molar-refractivity contribution in [3.05, 3.63) is 0 Å². The van der Waals surface area contributed by atoms with Gasteiger partial charge in [0.2, 0.25) is 0 Å². The van der Waals surface area contributed by atoms with E-state index in [1.54, 1.807) is 0 Å². The van der Waals surface area contributed by atoms with E-state index in [4.69, 9.17) is 0 Å². The minimum absolute atomic E-state index is 0.512. The van der Waals surface area contributed by atoms with Crippen LogP contribution in [-0.2, 0) is 0 Å². The Hall–Kier alpha value is 0.310. The van der Waals surface area contributed by atoms with E-state index < -0.39 is 0 Å². The molecule has 1 heterocycles. The van der Waals surface area contributed by atoms with E-state index >= 15 is 0 Å². The predicted octanol–water partition coefficient (Wildman–Crippen LogP) is 2.23. The highest BCUT2D eigenvalue weighted by Crippen LogP contribution is 2.42. The Morgan fingerprint density at radius 2 is 2.45 bits per heavy atom. The van der Waals surface area contributed by atoms with Crippen LogP contribution in [0.4, 0.5) is 0 Å². The maximum Gasteiger partial charge on any atom is 0.0648 e. The summed E-state index contributed by atoms with van der Waals surface area (Å²) >= 11 is 2.16. The van der Waals surface area contributed by atoms with Crippen molar-refractivity contribution >= 4 is 11.8 Å². The van der Waals surface area contributed by atoms with Gasteiger partial charge in [-0.05, 0) is 18.8 Å². The Labute approximate surface area is 73.3 Å². The molecule has 2 heteroatoms. The van der Waals surface area contributed by atoms with Gasteiger partial charge in [0.25, 0.3) is 0 Å². The van der Waals surface area contributed by atoms with Crippen LogP contribution in [0.1, 0.15) is 32.6 Å². The highest BCUT2D eigenvalue weighted by Gasteiger charge is 2.37. The molecule has 2 atom stereocenters. The molecule has 0 radical (unpaired) electrons. The summed E-state index contributed by atoms with van der Waals surface area (Å²) < 4.78 is 0. The maximum absolute atomic E-state index is 3.67. The van der Waals surface area contributed by atoms with Gasteiger partial charge >= 0.3 is 0 Å². The number of nitrogens with one attached hydrogen (secondary N) is 1. The summed E-state index contributed by atoms with van der Waals surface area (Å²) in [5.41, 5.74) is 0. The van der Waals surface area contributed by atoms with Crippen molar-refractivity contribution in [1.82, 2.24) is 5.32 Å². The molecule has 64 valence electrons. The zero-order valence-electron chi connectivity index (χ0n) is 7.23. The van der Waals surface area contributed by atoms with Crippen LogP contribution in [0.5, 0.6) is 0 Å². The van der Waals surface area contributed by atoms with Crippen LogP contribution in [0.15, 0.2) is 0 Å². The molecule has 2 aliphatic rings. The lowest BCUT2D eigenvalue weighted by Gasteiger charge is -2.36. The summed E-state index contributed by atoms with van der Waals surface area (Å²) in [5, 5.41) is 3.67. The summed E-state index contributed by atoms with van der Waals surface area (Å²) in [6, 6.07) is 0. The van der Waals surface area contributed by atoms with E-state index in [0.29, 0.717) is 4.87 Å². The van der Waals surface area contributed by atoms with Gasteiger partial charge in [0, 0.05) is 12.3 Å². The lowest BCUT2D eigenvalue weighted by molar-refractivity contribution is 0.286. The van der Waals surface area contributed by atoms with Crippen LogP contribution in [0, 0.1) is 5.92 Å². The van der Waals surface area contributed by atoms with E-state index in [2.05, 4.69) is 24.0 Å². The van der Waals surface area contributed by atoms with Crippen LogP contribution in [0.2, 0.25) is 0 Å². The van der Waals surface area contributed by atoms with Crippen LogP contribution in [0.25, 0.3) is 0 Å². The molecule has 1 nitrogen and oxygen atoms in total. The number of hydrogen-bond acceptors (Lipinski definition) is 2. The summed E-state index contributed by atoms with van der Waals surface area (Å²) in [7, 11) is 0. The molecule has 0 aromatic heterocycles. The van der Waals surface area contributed by atoms with Crippen molar-refractivity contribution in [1.29, 1.82) is 0 Å². The summed E-state index contributed by atoms with van der Waals surface area (Å²) in [5.74, 6) is 2.27. The highest BCUT2D eigenvalue weighted by atomic mass is 32.2. The molecule has 1 aliphatic heterocycles. The number of thioether (sulfide) groups is 1. The molecule has 1 saturated heterocycles. The lowest BCUT2D eigenvalue weighted by Crippen LogP contribution is -2.41. The Morgan fingerprint density at radius 1 is 1.55 bits per heavy atom. The van der Waals surface area contributed by atoms with Crippen molar-refractivity contribution in [2.45, 2.75) is 37.5 Å². The van der Waals surface area contributed by atoms with Crippen LogP contribution < -0.4 is 5.32 Å². The smallest absolute Gasteiger partial charge is 0.0648 e. The average Bonchev–Trinajstić information content (AvgIpc) is 2.37. The SMILES string of the molecule is CC1CCCC2(C1)NCCS2. The second kappa shape index (κ2) is 2.98. The molecule has 1 saturated carbocycles. The van der Waals surface area contributed by atoms with E-state index in [0.717, 1.165) is 5.92 Å². The van der Waals surface area contributed by atoms with E-state index in [1.807, 2.05) is 0 Å². The fourth-order valence-corrected chi connectivity index (χ4v) is 3.86. The highest BCUT2D eigenvalue weighted by molar-refractivity contribution is 8.00. The van der Waals surface area contributed by atoms with Crippen LogP contribution in [-0.4, -0.2) is 17.2 Å². The molecule has 1 spiro atoms. The molecule has 2 rings (SSSR count). The molecular formula is C9H17NS. The van der Waals surface area contributed by atoms with Crippen molar-refractivity contribution in [3.63, 3.8) is 0 Å². The zero-order chi connectivity index (χ0) is 7.73. The largest absolute Gasteiger partial charge is 0.302 e. The zero-order valence-corrected chi connectivity index (χ0v) is 8.04. The van der Waals surface area contributed by atoms with Gasteiger partial charge in [0.05, 0.1) is 4.87 Å². The van der Waals surface area contributed by atoms with Gasteiger partial charge in [-0.15, -0.1) is 11.8 Å². The first kappa shape index (κ1) is 7.93. The van der Waals surface area contributed by atoms with E-state index in [1.165, 1.54) is 38.0 Å². The van der Waals surface area contributed by atoms with Crippen molar-refractivity contribution in [3.8, 4) is 0 Å². The van der Waals surface area contributed by atoms with Gasteiger partial charge in [0.1, 0.15) is 0 Å². The second-order valence-corrected chi connectivity index (χ2v) is 5.45. The van der Waals surface area contributed by atoms with Crippen molar-refractivity contribution in [2.75, 3.05) is 12.3 Å². The van der Waals surface area contributed by atoms with Gasteiger partial charge in [-0.2, -0.15) is 0 Å². The molecular weight excluding hydrogens is 154 g/mol. The lowest BCUT2D eigenvalue weighted by atomic mass is 9.86. The fourth-order valence-electron chi connectivity index (χ4n) is 2.37.